The van der Waals surface area contributed by atoms with Gasteiger partial charge in [0.25, 0.3) is 0 Å². The van der Waals surface area contributed by atoms with Crippen LogP contribution in [-0.4, -0.2) is 35.0 Å². The van der Waals surface area contributed by atoms with Crippen molar-refractivity contribution in [2.24, 2.45) is 0 Å². The molecule has 0 fully saturated rings. The summed E-state index contributed by atoms with van der Waals surface area (Å²) in [7, 11) is 3.43. The highest BCUT2D eigenvalue weighted by atomic mass is 35.5. The molecule has 2 heterocycles. The third-order valence-electron chi connectivity index (χ3n) is 4.63. The van der Waals surface area contributed by atoms with E-state index in [1.807, 2.05) is 30.3 Å². The van der Waals surface area contributed by atoms with Crippen molar-refractivity contribution in [1.29, 1.82) is 0 Å². The Bertz CT molecular complexity index is 1070. The summed E-state index contributed by atoms with van der Waals surface area (Å²) < 4.78 is 0. The van der Waals surface area contributed by atoms with Crippen LogP contribution in [0.5, 0.6) is 0 Å². The van der Waals surface area contributed by atoms with Crippen LogP contribution in [0.3, 0.4) is 0 Å². The van der Waals surface area contributed by atoms with Crippen molar-refractivity contribution in [3.05, 3.63) is 64.8 Å². The molecule has 0 aliphatic carbocycles. The van der Waals surface area contributed by atoms with Crippen LogP contribution in [0.4, 0.5) is 33.6 Å². The predicted molar refractivity (Wildman–Crippen MR) is 117 cm³/mol. The van der Waals surface area contributed by atoms with E-state index in [4.69, 9.17) is 11.6 Å². The van der Waals surface area contributed by atoms with E-state index >= 15 is 0 Å². The second-order valence-corrected chi connectivity index (χ2v) is 7.44. The zero-order chi connectivity index (χ0) is 20.4. The normalized spacial score (nSPS) is 12.4. The van der Waals surface area contributed by atoms with E-state index in [9.17, 15) is 4.79 Å². The molecule has 0 radical (unpaired) electrons. The molecule has 3 N–H and O–H groups in total. The number of urea groups is 1. The number of amides is 2. The minimum absolute atomic E-state index is 0.167. The lowest BCUT2D eigenvalue weighted by molar-refractivity contribution is 0.230. The van der Waals surface area contributed by atoms with E-state index in [0.717, 1.165) is 35.5 Å². The van der Waals surface area contributed by atoms with Crippen molar-refractivity contribution in [3.63, 3.8) is 0 Å². The lowest BCUT2D eigenvalue weighted by Crippen LogP contribution is -2.27. The summed E-state index contributed by atoms with van der Waals surface area (Å²) in [6, 6.07) is 13.8. The Morgan fingerprint density at radius 2 is 1.93 bits per heavy atom. The van der Waals surface area contributed by atoms with Crippen molar-refractivity contribution >= 4 is 46.5 Å². The lowest BCUT2D eigenvalue weighted by Gasteiger charge is -2.17. The fourth-order valence-corrected chi connectivity index (χ4v) is 3.23. The van der Waals surface area contributed by atoms with Gasteiger partial charge < -0.3 is 20.9 Å². The van der Waals surface area contributed by atoms with E-state index in [1.165, 1.54) is 10.5 Å². The average Bonchev–Trinajstić information content (AvgIpc) is 2.70. The molecule has 2 aromatic carbocycles. The molecule has 2 amide bonds. The summed E-state index contributed by atoms with van der Waals surface area (Å²) in [4.78, 5) is 22.4. The van der Waals surface area contributed by atoms with E-state index in [-0.39, 0.29) is 6.03 Å². The van der Waals surface area contributed by atoms with Gasteiger partial charge in [0.15, 0.2) is 5.82 Å². The molecule has 7 nitrogen and oxygen atoms in total. The van der Waals surface area contributed by atoms with Gasteiger partial charge >= 0.3 is 6.03 Å². The second-order valence-electron chi connectivity index (χ2n) is 7.04. The molecule has 0 unspecified atom stereocenters. The number of aryl methyl sites for hydroxylation is 2. The lowest BCUT2D eigenvalue weighted by atomic mass is 10.0. The number of fused-ring (bicyclic) bond motifs is 6. The van der Waals surface area contributed by atoms with Gasteiger partial charge in [0.05, 0.1) is 6.20 Å². The van der Waals surface area contributed by atoms with E-state index in [1.54, 1.807) is 20.3 Å². The summed E-state index contributed by atoms with van der Waals surface area (Å²) >= 11 is 6.29. The number of hydrogen-bond acceptors (Lipinski definition) is 5. The topological polar surface area (TPSA) is 82.2 Å². The highest BCUT2D eigenvalue weighted by Crippen LogP contribution is 2.29. The Morgan fingerprint density at radius 3 is 2.76 bits per heavy atom. The van der Waals surface area contributed by atoms with Crippen molar-refractivity contribution < 1.29 is 4.79 Å². The number of carbonyl (C=O) groups is 1. The van der Waals surface area contributed by atoms with Gasteiger partial charge in [0.1, 0.15) is 5.02 Å². The van der Waals surface area contributed by atoms with Gasteiger partial charge in [0.2, 0.25) is 5.95 Å². The fourth-order valence-electron chi connectivity index (χ4n) is 3.09. The number of hydrogen-bond donors (Lipinski definition) is 3. The molecule has 0 saturated carbocycles. The molecule has 4 rings (SSSR count). The Kier molecular flexibility index (Phi) is 5.22. The summed E-state index contributed by atoms with van der Waals surface area (Å²) in [5, 5.41) is 9.87. The smallest absolute Gasteiger partial charge is 0.321 e. The molecule has 0 saturated heterocycles. The van der Waals surface area contributed by atoms with Gasteiger partial charge in [-0.15, -0.1) is 0 Å². The summed E-state index contributed by atoms with van der Waals surface area (Å²) in [5.41, 5.74) is 4.72. The first kappa shape index (κ1) is 19.0. The van der Waals surface area contributed by atoms with Gasteiger partial charge in [-0.05, 0) is 54.3 Å². The van der Waals surface area contributed by atoms with Crippen LogP contribution >= 0.6 is 11.6 Å². The van der Waals surface area contributed by atoms with E-state index in [0.29, 0.717) is 16.8 Å². The third kappa shape index (κ3) is 4.41. The van der Waals surface area contributed by atoms with Gasteiger partial charge in [-0.2, -0.15) is 4.98 Å². The van der Waals surface area contributed by atoms with E-state index < -0.39 is 0 Å². The minimum atomic E-state index is -0.167. The highest BCUT2D eigenvalue weighted by molar-refractivity contribution is 6.32. The molecule has 148 valence electrons. The Morgan fingerprint density at radius 1 is 1.10 bits per heavy atom. The van der Waals surface area contributed by atoms with Crippen LogP contribution in [0.15, 0.2) is 48.7 Å². The molecule has 29 heavy (non-hydrogen) atoms. The average molecular weight is 409 g/mol. The van der Waals surface area contributed by atoms with Crippen molar-refractivity contribution in [2.45, 2.75) is 12.8 Å². The SMILES string of the molecule is CN(C)C(=O)Nc1ccc2cc1CCc1cccc(c1)Nc1ncc(Cl)c(n1)N2. The first-order chi connectivity index (χ1) is 14.0. The van der Waals surface area contributed by atoms with Crippen molar-refractivity contribution in [2.75, 3.05) is 30.0 Å². The molecule has 6 bridgehead atoms. The summed E-state index contributed by atoms with van der Waals surface area (Å²) in [6.45, 7) is 0. The largest absolute Gasteiger partial charge is 0.339 e. The van der Waals surface area contributed by atoms with Crippen LogP contribution in [0.25, 0.3) is 0 Å². The van der Waals surface area contributed by atoms with Gasteiger partial charge in [0, 0.05) is 31.2 Å². The zero-order valence-corrected chi connectivity index (χ0v) is 16.9. The molecule has 8 heteroatoms. The van der Waals surface area contributed by atoms with Gasteiger partial charge in [-0.3, -0.25) is 0 Å². The third-order valence-corrected chi connectivity index (χ3v) is 4.90. The first-order valence-corrected chi connectivity index (χ1v) is 9.62. The number of halogens is 1. The summed E-state index contributed by atoms with van der Waals surface area (Å²) in [6.07, 6.45) is 3.15. The maximum atomic E-state index is 12.2. The Hall–Kier alpha value is -3.32. The molecular formula is C21H21ClN6O. The second kappa shape index (κ2) is 7.97. The maximum absolute atomic E-state index is 12.2. The number of nitrogens with zero attached hydrogens (tertiary/aromatic N) is 3. The van der Waals surface area contributed by atoms with Gasteiger partial charge in [-0.1, -0.05) is 23.7 Å². The number of rotatable bonds is 1. The number of aromatic nitrogens is 2. The molecule has 3 aromatic rings. The van der Waals surface area contributed by atoms with Crippen LogP contribution in [0, 0.1) is 0 Å². The van der Waals surface area contributed by atoms with E-state index in [2.05, 4.69) is 38.1 Å². The van der Waals surface area contributed by atoms with Crippen LogP contribution < -0.4 is 16.0 Å². The van der Waals surface area contributed by atoms with Crippen molar-refractivity contribution in [3.8, 4) is 0 Å². The zero-order valence-electron chi connectivity index (χ0n) is 16.2. The Labute approximate surface area is 174 Å². The highest BCUT2D eigenvalue weighted by Gasteiger charge is 2.13. The maximum Gasteiger partial charge on any atom is 0.321 e. The molecule has 1 aliphatic rings. The number of benzene rings is 2. The molecule has 0 atom stereocenters. The Balaban J connectivity index is 1.77. The molecule has 0 spiro atoms. The number of anilines is 5. The molecule has 1 aromatic heterocycles. The van der Waals surface area contributed by atoms with Crippen LogP contribution in [-0.2, 0) is 12.8 Å². The number of carbonyl (C=O) groups excluding carboxylic acids is 1. The summed E-state index contributed by atoms with van der Waals surface area (Å²) in [5.74, 6) is 0.971. The molecular weight excluding hydrogens is 388 g/mol. The fraction of sp³-hybridized carbons (Fsp3) is 0.190. The quantitative estimate of drug-likeness (QED) is 0.538. The first-order valence-electron chi connectivity index (χ1n) is 9.25. The standard InChI is InChI=1S/C21H21ClN6O/c1-28(2)21(29)26-18-9-8-16-11-14(18)7-6-13-4-3-5-15(10-13)25-20-23-12-17(22)19(24-16)27-20/h3-5,8-12H,6-7H2,1-2H3,(H,26,29)(H2,23,24,25,27). The predicted octanol–water partition coefficient (Wildman–Crippen LogP) is 4.81. The van der Waals surface area contributed by atoms with Crippen molar-refractivity contribution in [1.82, 2.24) is 14.9 Å². The molecule has 1 aliphatic heterocycles. The minimum Gasteiger partial charge on any atom is -0.339 e. The van der Waals surface area contributed by atoms with Gasteiger partial charge in [-0.25, -0.2) is 9.78 Å². The van der Waals surface area contributed by atoms with Crippen LogP contribution in [0.1, 0.15) is 11.1 Å². The number of nitrogens with one attached hydrogen (secondary N) is 3. The monoisotopic (exact) mass is 408 g/mol. The van der Waals surface area contributed by atoms with Crippen LogP contribution in [0.2, 0.25) is 5.02 Å².